The van der Waals surface area contributed by atoms with Crippen LogP contribution in [0.3, 0.4) is 0 Å². The summed E-state index contributed by atoms with van der Waals surface area (Å²) in [6.45, 7) is 0. The monoisotopic (exact) mass is 242 g/mol. The maximum atomic E-state index is 12.7. The Morgan fingerprint density at radius 3 is 2.44 bits per heavy atom. The fourth-order valence-electron chi connectivity index (χ4n) is 1.49. The van der Waals surface area contributed by atoms with Crippen molar-refractivity contribution in [3.05, 3.63) is 65.5 Å². The van der Waals surface area contributed by atoms with E-state index < -0.39 is 5.91 Å². The number of rotatable bonds is 3. The van der Waals surface area contributed by atoms with Crippen LogP contribution in [-0.2, 0) is 0 Å². The first-order valence-electron chi connectivity index (χ1n) is 5.35. The molecule has 18 heavy (non-hydrogen) atoms. The number of benzene rings is 2. The van der Waals surface area contributed by atoms with Gasteiger partial charge in [0.15, 0.2) is 0 Å². The Bertz CT molecular complexity index is 591. The van der Waals surface area contributed by atoms with E-state index in [1.165, 1.54) is 12.1 Å². The third-order valence-electron chi connectivity index (χ3n) is 2.39. The molecule has 0 aliphatic carbocycles. The highest BCUT2D eigenvalue weighted by atomic mass is 19.1. The summed E-state index contributed by atoms with van der Waals surface area (Å²) in [6, 6.07) is 12.7. The molecule has 0 fully saturated rings. The molecule has 0 radical (unpaired) electrons. The van der Waals surface area contributed by atoms with Gasteiger partial charge in [-0.2, -0.15) is 0 Å². The van der Waals surface area contributed by atoms with Gasteiger partial charge in [0.1, 0.15) is 5.82 Å². The lowest BCUT2D eigenvalue weighted by Gasteiger charge is -2.00. The zero-order valence-electron chi connectivity index (χ0n) is 9.51. The molecule has 3 nitrogen and oxygen atoms in total. The van der Waals surface area contributed by atoms with Crippen LogP contribution in [0.15, 0.2) is 53.5 Å². The number of carbonyl (C=O) groups excluding carboxylic acids is 1. The van der Waals surface area contributed by atoms with Gasteiger partial charge in [-0.1, -0.05) is 24.3 Å². The molecule has 2 aromatic rings. The Hall–Kier alpha value is -2.49. The Morgan fingerprint density at radius 1 is 1.11 bits per heavy atom. The molecule has 2 N–H and O–H groups in total. The fraction of sp³-hybridized carbons (Fsp3) is 0. The van der Waals surface area contributed by atoms with E-state index in [0.717, 1.165) is 5.56 Å². The van der Waals surface area contributed by atoms with Gasteiger partial charge in [-0.05, 0) is 29.8 Å². The van der Waals surface area contributed by atoms with E-state index in [1.807, 2.05) is 0 Å². The van der Waals surface area contributed by atoms with Crippen molar-refractivity contribution >= 4 is 17.8 Å². The molecule has 0 heterocycles. The number of hydrogen-bond donors (Lipinski definition) is 1. The molecule has 0 saturated heterocycles. The average molecular weight is 242 g/mol. The van der Waals surface area contributed by atoms with E-state index in [0.29, 0.717) is 11.3 Å². The number of amides is 1. The molecule has 2 rings (SSSR count). The van der Waals surface area contributed by atoms with E-state index in [1.54, 1.807) is 42.6 Å². The van der Waals surface area contributed by atoms with E-state index in [4.69, 9.17) is 5.73 Å². The van der Waals surface area contributed by atoms with Crippen molar-refractivity contribution in [3.8, 4) is 0 Å². The average Bonchev–Trinajstić information content (AvgIpc) is 2.38. The zero-order chi connectivity index (χ0) is 13.0. The molecule has 0 bridgehead atoms. The predicted molar refractivity (Wildman–Crippen MR) is 68.6 cm³/mol. The number of halogens is 1. The number of aliphatic imine (C=N–C) groups is 1. The highest BCUT2D eigenvalue weighted by Crippen LogP contribution is 2.17. The second-order valence-corrected chi connectivity index (χ2v) is 3.69. The molecule has 0 unspecified atom stereocenters. The number of primary amides is 1. The largest absolute Gasteiger partial charge is 0.366 e. The Balaban J connectivity index is 2.29. The molecule has 1 amide bonds. The summed E-state index contributed by atoms with van der Waals surface area (Å²) >= 11 is 0. The first-order valence-corrected chi connectivity index (χ1v) is 5.35. The summed E-state index contributed by atoms with van der Waals surface area (Å²) in [5, 5.41) is 0. The molecule has 0 aliphatic rings. The maximum Gasteiger partial charge on any atom is 0.250 e. The van der Waals surface area contributed by atoms with Crippen molar-refractivity contribution in [2.75, 3.05) is 0 Å². The van der Waals surface area contributed by atoms with Crippen LogP contribution in [0.5, 0.6) is 0 Å². The third kappa shape index (κ3) is 2.79. The lowest BCUT2D eigenvalue weighted by molar-refractivity contribution is 0.100. The molecule has 0 saturated carbocycles. The normalized spacial score (nSPS) is 10.7. The van der Waals surface area contributed by atoms with Crippen molar-refractivity contribution in [3.63, 3.8) is 0 Å². The van der Waals surface area contributed by atoms with Gasteiger partial charge in [-0.15, -0.1) is 0 Å². The molecule has 4 heteroatoms. The highest BCUT2D eigenvalue weighted by molar-refractivity contribution is 5.98. The van der Waals surface area contributed by atoms with Gasteiger partial charge in [0.2, 0.25) is 0 Å². The highest BCUT2D eigenvalue weighted by Gasteiger charge is 2.04. The summed E-state index contributed by atoms with van der Waals surface area (Å²) in [4.78, 5) is 15.4. The number of para-hydroxylation sites is 1. The molecule has 0 aliphatic heterocycles. The fourth-order valence-corrected chi connectivity index (χ4v) is 1.49. The summed E-state index contributed by atoms with van der Waals surface area (Å²) in [6.07, 6.45) is 1.56. The van der Waals surface area contributed by atoms with Gasteiger partial charge in [0.05, 0.1) is 11.3 Å². The summed E-state index contributed by atoms with van der Waals surface area (Å²) in [5.41, 5.74) is 6.84. The Kier molecular flexibility index (Phi) is 3.48. The summed E-state index contributed by atoms with van der Waals surface area (Å²) in [5.74, 6) is -0.827. The van der Waals surface area contributed by atoms with E-state index in [-0.39, 0.29) is 5.82 Å². The van der Waals surface area contributed by atoms with Gasteiger partial charge >= 0.3 is 0 Å². The Morgan fingerprint density at radius 2 is 1.78 bits per heavy atom. The predicted octanol–water partition coefficient (Wildman–Crippen LogP) is 2.68. The zero-order valence-corrected chi connectivity index (χ0v) is 9.51. The van der Waals surface area contributed by atoms with Crippen LogP contribution in [-0.4, -0.2) is 12.1 Å². The minimum absolute atomic E-state index is 0.301. The van der Waals surface area contributed by atoms with Gasteiger partial charge in [0.25, 0.3) is 5.91 Å². The molecule has 2 aromatic carbocycles. The van der Waals surface area contributed by atoms with Crippen molar-refractivity contribution in [1.82, 2.24) is 0 Å². The van der Waals surface area contributed by atoms with Crippen LogP contribution in [0, 0.1) is 5.82 Å². The lowest BCUT2D eigenvalue weighted by atomic mass is 10.1. The number of nitrogens with two attached hydrogens (primary N) is 1. The van der Waals surface area contributed by atoms with Crippen molar-refractivity contribution in [2.24, 2.45) is 10.7 Å². The first kappa shape index (κ1) is 12.0. The summed E-state index contributed by atoms with van der Waals surface area (Å²) in [7, 11) is 0. The molecular formula is C14H11FN2O. The molecule has 0 aromatic heterocycles. The molecule has 0 atom stereocenters. The maximum absolute atomic E-state index is 12.7. The summed E-state index contributed by atoms with van der Waals surface area (Å²) < 4.78 is 12.7. The second-order valence-electron chi connectivity index (χ2n) is 3.69. The van der Waals surface area contributed by atoms with Gasteiger partial charge < -0.3 is 5.73 Å². The third-order valence-corrected chi connectivity index (χ3v) is 2.39. The van der Waals surface area contributed by atoms with Crippen molar-refractivity contribution < 1.29 is 9.18 Å². The molecule has 90 valence electrons. The van der Waals surface area contributed by atoms with Crippen LogP contribution in [0.4, 0.5) is 10.1 Å². The molecule has 0 spiro atoms. The van der Waals surface area contributed by atoms with E-state index in [2.05, 4.69) is 4.99 Å². The van der Waals surface area contributed by atoms with Gasteiger partial charge in [-0.25, -0.2) is 4.39 Å². The molecular weight excluding hydrogens is 231 g/mol. The van der Waals surface area contributed by atoms with Crippen LogP contribution < -0.4 is 5.73 Å². The first-order chi connectivity index (χ1) is 8.66. The Labute approximate surface area is 104 Å². The van der Waals surface area contributed by atoms with Crippen molar-refractivity contribution in [2.45, 2.75) is 0 Å². The SMILES string of the molecule is NC(=O)c1ccccc1N=Cc1ccc(F)cc1. The lowest BCUT2D eigenvalue weighted by Crippen LogP contribution is -2.10. The van der Waals surface area contributed by atoms with E-state index >= 15 is 0 Å². The van der Waals surface area contributed by atoms with Crippen LogP contribution in [0.2, 0.25) is 0 Å². The smallest absolute Gasteiger partial charge is 0.250 e. The van der Waals surface area contributed by atoms with Crippen LogP contribution in [0.25, 0.3) is 0 Å². The number of carbonyl (C=O) groups is 1. The van der Waals surface area contributed by atoms with Crippen LogP contribution in [0.1, 0.15) is 15.9 Å². The minimum Gasteiger partial charge on any atom is -0.366 e. The second kappa shape index (κ2) is 5.23. The van der Waals surface area contributed by atoms with E-state index in [9.17, 15) is 9.18 Å². The quantitative estimate of drug-likeness (QED) is 0.826. The minimum atomic E-state index is -0.526. The van der Waals surface area contributed by atoms with Crippen molar-refractivity contribution in [1.29, 1.82) is 0 Å². The standard InChI is InChI=1S/C14H11FN2O/c15-11-7-5-10(6-8-11)9-17-13-4-2-1-3-12(13)14(16)18/h1-9H,(H2,16,18). The topological polar surface area (TPSA) is 55.5 Å². The van der Waals surface area contributed by atoms with Crippen LogP contribution >= 0.6 is 0 Å². The van der Waals surface area contributed by atoms with Gasteiger partial charge in [0, 0.05) is 6.21 Å². The number of nitrogens with zero attached hydrogens (tertiary/aromatic N) is 1. The number of hydrogen-bond acceptors (Lipinski definition) is 2. The van der Waals surface area contributed by atoms with Gasteiger partial charge in [-0.3, -0.25) is 9.79 Å².